The van der Waals surface area contributed by atoms with E-state index >= 15 is 0 Å². The van der Waals surface area contributed by atoms with Gasteiger partial charge in [0.05, 0.1) is 5.39 Å². The molecule has 0 spiro atoms. The van der Waals surface area contributed by atoms with Crippen molar-refractivity contribution in [3.05, 3.63) is 27.5 Å². The molecule has 2 nitrogen and oxygen atoms in total. The molecule has 0 bridgehead atoms. The summed E-state index contributed by atoms with van der Waals surface area (Å²) in [6, 6.07) is 0. The Balaban J connectivity index is 2.79. The summed E-state index contributed by atoms with van der Waals surface area (Å²) in [5, 5.41) is 0.882. The number of aryl methyl sites for hydroxylation is 2. The molecule has 0 radical (unpaired) electrons. The molecule has 0 amide bonds. The van der Waals surface area contributed by atoms with Crippen LogP contribution in [0.4, 0.5) is 0 Å². The number of pyridine rings is 1. The van der Waals surface area contributed by atoms with Crippen LogP contribution in [-0.4, -0.2) is 4.98 Å². The van der Waals surface area contributed by atoms with Crippen molar-refractivity contribution in [1.82, 2.24) is 4.98 Å². The highest BCUT2D eigenvalue weighted by atomic mass is 16.1. The highest BCUT2D eigenvalue weighted by Gasteiger charge is 2.18. The van der Waals surface area contributed by atoms with E-state index in [4.69, 9.17) is 0 Å². The molecule has 11 heavy (non-hydrogen) atoms. The van der Waals surface area contributed by atoms with Gasteiger partial charge in [0.15, 0.2) is 0 Å². The molecular formula is C9H9NO. The maximum atomic E-state index is 11.0. The average molecular weight is 147 g/mol. The highest BCUT2D eigenvalue weighted by molar-refractivity contribution is 5.97. The lowest BCUT2D eigenvalue weighted by Gasteiger charge is -1.96. The fourth-order valence-electron chi connectivity index (χ4n) is 1.46. The van der Waals surface area contributed by atoms with Crippen molar-refractivity contribution in [3.8, 4) is 0 Å². The largest absolute Gasteiger partial charge is 0.287 e. The van der Waals surface area contributed by atoms with Crippen molar-refractivity contribution in [1.29, 1.82) is 0 Å². The van der Waals surface area contributed by atoms with Gasteiger partial charge in [-0.15, -0.1) is 0 Å². The standard InChI is InChI=1S/C9H9NO/c1-3-6-5(2)4-10-8-7(6)9(8)11/h4H,3H2,1-2H3. The molecule has 2 rings (SSSR count). The SMILES string of the molecule is CCc1c(C)cnc2c(=O)c12. The van der Waals surface area contributed by atoms with Gasteiger partial charge in [0.2, 0.25) is 5.43 Å². The number of aromatic nitrogens is 1. The number of hydrogen-bond acceptors (Lipinski definition) is 2. The first-order valence-corrected chi connectivity index (χ1v) is 3.79. The van der Waals surface area contributed by atoms with Crippen molar-refractivity contribution in [3.63, 3.8) is 0 Å². The summed E-state index contributed by atoms with van der Waals surface area (Å²) < 4.78 is 0. The van der Waals surface area contributed by atoms with Gasteiger partial charge in [-0.2, -0.15) is 0 Å². The van der Waals surface area contributed by atoms with Gasteiger partial charge in [-0.25, -0.2) is 0 Å². The van der Waals surface area contributed by atoms with Gasteiger partial charge < -0.3 is 0 Å². The second-order valence-corrected chi connectivity index (χ2v) is 2.83. The maximum absolute atomic E-state index is 11.0. The third-order valence-electron chi connectivity index (χ3n) is 2.14. The summed E-state index contributed by atoms with van der Waals surface area (Å²) in [5.74, 6) is 0. The molecule has 0 atom stereocenters. The van der Waals surface area contributed by atoms with E-state index in [-0.39, 0.29) is 5.43 Å². The van der Waals surface area contributed by atoms with Crippen LogP contribution in [-0.2, 0) is 6.42 Å². The van der Waals surface area contributed by atoms with Crippen LogP contribution in [0.5, 0.6) is 0 Å². The van der Waals surface area contributed by atoms with Gasteiger partial charge in [-0.05, 0) is 24.5 Å². The van der Waals surface area contributed by atoms with Gasteiger partial charge in [0, 0.05) is 6.20 Å². The Morgan fingerprint density at radius 2 is 2.27 bits per heavy atom. The van der Waals surface area contributed by atoms with Crippen molar-refractivity contribution in [2.45, 2.75) is 20.3 Å². The lowest BCUT2D eigenvalue weighted by Crippen LogP contribution is -1.84. The normalized spacial score (nSPS) is 11.5. The monoisotopic (exact) mass is 147 g/mol. The van der Waals surface area contributed by atoms with E-state index in [1.807, 2.05) is 6.92 Å². The van der Waals surface area contributed by atoms with Crippen LogP contribution in [0, 0.1) is 6.92 Å². The third-order valence-corrected chi connectivity index (χ3v) is 2.14. The smallest absolute Gasteiger partial charge is 0.214 e. The van der Waals surface area contributed by atoms with Crippen LogP contribution >= 0.6 is 0 Å². The average Bonchev–Trinajstić information content (AvgIpc) is 2.63. The van der Waals surface area contributed by atoms with Gasteiger partial charge in [-0.1, -0.05) is 6.92 Å². The second-order valence-electron chi connectivity index (χ2n) is 2.83. The molecule has 0 saturated carbocycles. The summed E-state index contributed by atoms with van der Waals surface area (Å²) in [5.41, 5.74) is 3.15. The topological polar surface area (TPSA) is 30.0 Å². The zero-order valence-corrected chi connectivity index (χ0v) is 6.64. The Labute approximate surface area is 64.6 Å². The quantitative estimate of drug-likeness (QED) is 0.609. The van der Waals surface area contributed by atoms with E-state index in [1.54, 1.807) is 6.20 Å². The first-order chi connectivity index (χ1) is 5.25. The summed E-state index contributed by atoms with van der Waals surface area (Å²) >= 11 is 0. The van der Waals surface area contributed by atoms with Crippen LogP contribution in [0.3, 0.4) is 0 Å². The molecule has 0 unspecified atom stereocenters. The Morgan fingerprint density at radius 1 is 1.55 bits per heavy atom. The summed E-state index contributed by atoms with van der Waals surface area (Å²) in [7, 11) is 0. The summed E-state index contributed by atoms with van der Waals surface area (Å²) in [6.45, 7) is 4.06. The number of rotatable bonds is 1. The number of hydrogen-bond donors (Lipinski definition) is 0. The molecule has 0 saturated heterocycles. The Bertz CT molecular complexity index is 421. The molecule has 1 heterocycles. The molecule has 56 valence electrons. The third kappa shape index (κ3) is 0.723. The Hall–Kier alpha value is -1.18. The van der Waals surface area contributed by atoms with Crippen LogP contribution in [0.1, 0.15) is 18.1 Å². The van der Waals surface area contributed by atoms with Crippen LogP contribution in [0.25, 0.3) is 10.9 Å². The summed E-state index contributed by atoms with van der Waals surface area (Å²) in [4.78, 5) is 15.0. The zero-order chi connectivity index (χ0) is 8.01. The summed E-state index contributed by atoms with van der Waals surface area (Å²) in [6.07, 6.45) is 2.71. The Kier molecular flexibility index (Phi) is 1.13. The molecule has 2 aromatic rings. The first-order valence-electron chi connectivity index (χ1n) is 3.79. The van der Waals surface area contributed by atoms with Crippen LogP contribution in [0.15, 0.2) is 11.0 Å². The molecule has 0 aliphatic heterocycles. The fraction of sp³-hybridized carbons (Fsp3) is 0.333. The van der Waals surface area contributed by atoms with Crippen LogP contribution in [0.2, 0.25) is 0 Å². The zero-order valence-electron chi connectivity index (χ0n) is 6.64. The molecule has 0 aliphatic carbocycles. The number of nitrogens with zero attached hydrogens (tertiary/aromatic N) is 1. The van der Waals surface area contributed by atoms with E-state index < -0.39 is 0 Å². The molecule has 2 heteroatoms. The van der Waals surface area contributed by atoms with Crippen molar-refractivity contribution < 1.29 is 0 Å². The minimum absolute atomic E-state index is 0.148. The molecule has 1 aromatic heterocycles. The molecular weight excluding hydrogens is 138 g/mol. The second kappa shape index (κ2) is 1.91. The fourth-order valence-corrected chi connectivity index (χ4v) is 1.46. The van der Waals surface area contributed by atoms with Crippen LogP contribution < -0.4 is 5.43 Å². The van der Waals surface area contributed by atoms with E-state index in [0.29, 0.717) is 5.52 Å². The van der Waals surface area contributed by atoms with E-state index in [9.17, 15) is 4.79 Å². The molecule has 0 fully saturated rings. The van der Waals surface area contributed by atoms with Crippen molar-refractivity contribution in [2.24, 2.45) is 0 Å². The molecule has 0 aliphatic rings. The van der Waals surface area contributed by atoms with Gasteiger partial charge >= 0.3 is 0 Å². The van der Waals surface area contributed by atoms with Gasteiger partial charge in [0.1, 0.15) is 5.52 Å². The van der Waals surface area contributed by atoms with Crippen molar-refractivity contribution in [2.75, 3.05) is 0 Å². The van der Waals surface area contributed by atoms with E-state index in [0.717, 1.165) is 17.4 Å². The first kappa shape index (κ1) is 6.53. The highest BCUT2D eigenvalue weighted by Crippen LogP contribution is 2.20. The predicted molar refractivity (Wildman–Crippen MR) is 44.5 cm³/mol. The maximum Gasteiger partial charge on any atom is 0.214 e. The van der Waals surface area contributed by atoms with Gasteiger partial charge in [-0.3, -0.25) is 9.78 Å². The molecule has 1 aromatic carbocycles. The minimum atomic E-state index is 0.148. The Morgan fingerprint density at radius 3 is 2.82 bits per heavy atom. The number of fused-ring (bicyclic) bond motifs is 1. The van der Waals surface area contributed by atoms with E-state index in [1.165, 1.54) is 5.56 Å². The molecule has 0 N–H and O–H groups in total. The predicted octanol–water partition coefficient (Wildman–Crippen LogP) is 1.34. The van der Waals surface area contributed by atoms with Gasteiger partial charge in [0.25, 0.3) is 0 Å². The van der Waals surface area contributed by atoms with E-state index in [2.05, 4.69) is 11.9 Å². The van der Waals surface area contributed by atoms with Crippen molar-refractivity contribution >= 4 is 10.9 Å². The minimum Gasteiger partial charge on any atom is -0.287 e. The lowest BCUT2D eigenvalue weighted by molar-refractivity contribution is 1.12. The lowest BCUT2D eigenvalue weighted by atomic mass is 10.1.